The zero-order chi connectivity index (χ0) is 12.0. The lowest BCUT2D eigenvalue weighted by atomic mass is 9.61. The predicted octanol–water partition coefficient (Wildman–Crippen LogP) is 2.56. The molecule has 1 fully saturated rings. The number of aliphatic hydroxyl groups excluding tert-OH is 1. The first kappa shape index (κ1) is 11.5. The molecule has 0 radical (unpaired) electrons. The van der Waals surface area contributed by atoms with Gasteiger partial charge >= 0.3 is 0 Å². The molecule has 0 bridgehead atoms. The lowest BCUT2D eigenvalue weighted by molar-refractivity contribution is -0.0926. The van der Waals surface area contributed by atoms with Crippen LogP contribution in [0.2, 0.25) is 0 Å². The van der Waals surface area contributed by atoms with Crippen molar-refractivity contribution >= 4 is 0 Å². The van der Waals surface area contributed by atoms with Crippen LogP contribution in [0.15, 0.2) is 23.3 Å². The topological polar surface area (TPSA) is 40.5 Å². The molecule has 2 nitrogen and oxygen atoms in total. The maximum absolute atomic E-state index is 10.9. The van der Waals surface area contributed by atoms with Gasteiger partial charge in [-0.2, -0.15) is 0 Å². The van der Waals surface area contributed by atoms with Crippen molar-refractivity contribution in [3.05, 3.63) is 23.3 Å². The molecule has 3 rings (SSSR count). The third kappa shape index (κ3) is 1.78. The molecule has 94 valence electrons. The molecule has 3 aliphatic carbocycles. The Bertz CT molecular complexity index is 382. The van der Waals surface area contributed by atoms with E-state index in [1.165, 1.54) is 11.1 Å². The standard InChI is InChI=1S/C15H22O2/c1-10-6-8-15(17)7-2-3-12-13(16)5-4-11(9-10)14(12)15/h4,9,12-14,16-17H,2-3,5-8H2,1H3/t12-,13?,14-,15-/m0/s1. The first-order valence-corrected chi connectivity index (χ1v) is 6.88. The third-order valence-corrected chi connectivity index (χ3v) is 4.97. The fourth-order valence-corrected chi connectivity index (χ4v) is 4.09. The van der Waals surface area contributed by atoms with Gasteiger partial charge in [-0.3, -0.25) is 0 Å². The van der Waals surface area contributed by atoms with Crippen LogP contribution in [0.4, 0.5) is 0 Å². The molecule has 4 atom stereocenters. The summed E-state index contributed by atoms with van der Waals surface area (Å²) in [6.07, 6.45) is 9.80. The zero-order valence-electron chi connectivity index (χ0n) is 10.5. The second-order valence-electron chi connectivity index (χ2n) is 6.14. The van der Waals surface area contributed by atoms with Crippen molar-refractivity contribution in [2.45, 2.75) is 57.2 Å². The van der Waals surface area contributed by atoms with Crippen LogP contribution in [-0.4, -0.2) is 21.9 Å². The van der Waals surface area contributed by atoms with Gasteiger partial charge in [-0.15, -0.1) is 0 Å². The average Bonchev–Trinajstić information content (AvgIpc) is 2.43. The van der Waals surface area contributed by atoms with E-state index in [0.717, 1.165) is 38.5 Å². The Balaban J connectivity index is 2.06. The Kier molecular flexibility index (Phi) is 2.68. The summed E-state index contributed by atoms with van der Waals surface area (Å²) in [4.78, 5) is 0. The second kappa shape index (κ2) is 3.96. The molecule has 0 heterocycles. The van der Waals surface area contributed by atoms with Gasteiger partial charge in [-0.05, 0) is 50.5 Å². The number of hydrogen-bond acceptors (Lipinski definition) is 2. The smallest absolute Gasteiger partial charge is 0.0722 e. The van der Waals surface area contributed by atoms with Crippen molar-refractivity contribution in [3.8, 4) is 0 Å². The Morgan fingerprint density at radius 3 is 3.00 bits per heavy atom. The molecule has 0 spiro atoms. The average molecular weight is 234 g/mol. The highest BCUT2D eigenvalue weighted by atomic mass is 16.3. The van der Waals surface area contributed by atoms with E-state index < -0.39 is 5.60 Å². The third-order valence-electron chi connectivity index (χ3n) is 4.97. The second-order valence-corrected chi connectivity index (χ2v) is 6.14. The minimum Gasteiger partial charge on any atom is -0.392 e. The van der Waals surface area contributed by atoms with Crippen molar-refractivity contribution in [2.75, 3.05) is 0 Å². The van der Waals surface area contributed by atoms with Gasteiger partial charge in [0.1, 0.15) is 0 Å². The maximum atomic E-state index is 10.9. The fourth-order valence-electron chi connectivity index (χ4n) is 4.09. The maximum Gasteiger partial charge on any atom is 0.0722 e. The lowest BCUT2D eigenvalue weighted by Gasteiger charge is -2.48. The molecule has 0 saturated heterocycles. The highest BCUT2D eigenvalue weighted by molar-refractivity contribution is 5.34. The van der Waals surface area contributed by atoms with E-state index >= 15 is 0 Å². The van der Waals surface area contributed by atoms with E-state index in [9.17, 15) is 10.2 Å². The SMILES string of the molecule is CC1=CC2=CCC(O)[C@@H]3CCC[C@](O)(CC1)[C@@H]23. The summed E-state index contributed by atoms with van der Waals surface area (Å²) in [5.41, 5.74) is 2.09. The van der Waals surface area contributed by atoms with Crippen LogP contribution in [0.3, 0.4) is 0 Å². The van der Waals surface area contributed by atoms with Gasteiger partial charge in [0.2, 0.25) is 0 Å². The number of aliphatic hydroxyl groups is 2. The van der Waals surface area contributed by atoms with Crippen molar-refractivity contribution in [3.63, 3.8) is 0 Å². The van der Waals surface area contributed by atoms with E-state index in [1.807, 2.05) is 0 Å². The molecule has 0 amide bonds. The highest BCUT2D eigenvalue weighted by Crippen LogP contribution is 2.50. The van der Waals surface area contributed by atoms with Crippen LogP contribution < -0.4 is 0 Å². The van der Waals surface area contributed by atoms with Gasteiger partial charge in [-0.1, -0.05) is 24.1 Å². The molecule has 1 saturated carbocycles. The summed E-state index contributed by atoms with van der Waals surface area (Å²) in [7, 11) is 0. The van der Waals surface area contributed by atoms with Gasteiger partial charge in [-0.25, -0.2) is 0 Å². The monoisotopic (exact) mass is 234 g/mol. The number of rotatable bonds is 0. The van der Waals surface area contributed by atoms with Crippen LogP contribution >= 0.6 is 0 Å². The molecular formula is C15H22O2. The first-order valence-electron chi connectivity index (χ1n) is 6.88. The van der Waals surface area contributed by atoms with E-state index in [0.29, 0.717) is 0 Å². The van der Waals surface area contributed by atoms with Gasteiger partial charge in [0.25, 0.3) is 0 Å². The molecule has 0 aromatic carbocycles. The molecule has 3 aliphatic rings. The number of allylic oxidation sites excluding steroid dienone is 2. The molecule has 17 heavy (non-hydrogen) atoms. The minimum absolute atomic E-state index is 0.178. The Morgan fingerprint density at radius 1 is 1.35 bits per heavy atom. The predicted molar refractivity (Wildman–Crippen MR) is 67.5 cm³/mol. The molecule has 2 N–H and O–H groups in total. The molecule has 0 aromatic heterocycles. The number of hydrogen-bond donors (Lipinski definition) is 2. The van der Waals surface area contributed by atoms with E-state index in [4.69, 9.17) is 0 Å². The molecule has 0 aliphatic heterocycles. The van der Waals surface area contributed by atoms with Crippen LogP contribution in [0.5, 0.6) is 0 Å². The van der Waals surface area contributed by atoms with Gasteiger partial charge in [0.15, 0.2) is 0 Å². The Morgan fingerprint density at radius 2 is 2.18 bits per heavy atom. The van der Waals surface area contributed by atoms with Crippen molar-refractivity contribution in [1.29, 1.82) is 0 Å². The van der Waals surface area contributed by atoms with Gasteiger partial charge in [0.05, 0.1) is 11.7 Å². The summed E-state index contributed by atoms with van der Waals surface area (Å²) in [6, 6.07) is 0. The van der Waals surface area contributed by atoms with Gasteiger partial charge in [0, 0.05) is 5.92 Å². The molecule has 0 aromatic rings. The van der Waals surface area contributed by atoms with Gasteiger partial charge < -0.3 is 10.2 Å². The molecule has 1 unspecified atom stereocenters. The zero-order valence-corrected chi connectivity index (χ0v) is 10.5. The Hall–Kier alpha value is -0.600. The lowest BCUT2D eigenvalue weighted by Crippen LogP contribution is -2.50. The molecular weight excluding hydrogens is 212 g/mol. The Labute approximate surface area is 103 Å². The van der Waals surface area contributed by atoms with Crippen LogP contribution in [0, 0.1) is 11.8 Å². The van der Waals surface area contributed by atoms with Crippen molar-refractivity contribution < 1.29 is 10.2 Å². The van der Waals surface area contributed by atoms with Crippen molar-refractivity contribution in [2.24, 2.45) is 11.8 Å². The summed E-state index contributed by atoms with van der Waals surface area (Å²) in [5.74, 6) is 0.452. The minimum atomic E-state index is -0.565. The van der Waals surface area contributed by atoms with Crippen molar-refractivity contribution in [1.82, 2.24) is 0 Å². The largest absolute Gasteiger partial charge is 0.392 e. The van der Waals surface area contributed by atoms with Crippen LogP contribution in [0.1, 0.15) is 45.4 Å². The van der Waals surface area contributed by atoms with E-state index in [1.54, 1.807) is 0 Å². The van der Waals surface area contributed by atoms with E-state index in [2.05, 4.69) is 19.1 Å². The van der Waals surface area contributed by atoms with Crippen LogP contribution in [-0.2, 0) is 0 Å². The summed E-state index contributed by atoms with van der Waals surface area (Å²) < 4.78 is 0. The fraction of sp³-hybridized carbons (Fsp3) is 0.733. The summed E-state index contributed by atoms with van der Waals surface area (Å²) in [5, 5.41) is 21.1. The normalized spacial score (nSPS) is 45.5. The quantitative estimate of drug-likeness (QED) is 0.676. The molecule has 2 heteroatoms. The summed E-state index contributed by atoms with van der Waals surface area (Å²) >= 11 is 0. The van der Waals surface area contributed by atoms with E-state index in [-0.39, 0.29) is 17.9 Å². The first-order chi connectivity index (χ1) is 8.10. The summed E-state index contributed by atoms with van der Waals surface area (Å²) in [6.45, 7) is 2.15. The highest BCUT2D eigenvalue weighted by Gasteiger charge is 2.49. The van der Waals surface area contributed by atoms with Crippen LogP contribution in [0.25, 0.3) is 0 Å².